The number of hydrogen-bond acceptors (Lipinski definition) is 5. The molecule has 1 N–H and O–H groups in total. The second kappa shape index (κ2) is 8.31. The third-order valence-electron chi connectivity index (χ3n) is 5.17. The summed E-state index contributed by atoms with van der Waals surface area (Å²) in [6, 6.07) is 18.1. The molecule has 148 valence electrons. The van der Waals surface area contributed by atoms with Gasteiger partial charge < -0.3 is 15.1 Å². The van der Waals surface area contributed by atoms with E-state index in [1.165, 1.54) is 17.6 Å². The number of carbonyl (C=O) groups excluding carboxylic acids is 1. The Morgan fingerprint density at radius 1 is 0.862 bits per heavy atom. The number of aromatic nitrogens is 2. The number of amides is 1. The van der Waals surface area contributed by atoms with Crippen LogP contribution in [0.3, 0.4) is 0 Å². The van der Waals surface area contributed by atoms with Crippen LogP contribution in [0.15, 0.2) is 60.9 Å². The number of carbonyl (C=O) groups is 1. The average Bonchev–Trinajstić information content (AvgIpc) is 2.75. The molecule has 0 unspecified atom stereocenters. The minimum Gasteiger partial charge on any atom is -0.368 e. The first-order valence-corrected chi connectivity index (χ1v) is 9.85. The van der Waals surface area contributed by atoms with Gasteiger partial charge in [-0.25, -0.2) is 9.97 Å². The standard InChI is InChI=1S/C23H25N5O/c1-17-6-8-19(9-7-17)26-23(29)21-15-22(25-16-24-21)28-12-10-27(11-13-28)20-5-3-4-18(2)14-20/h3-9,14-16H,10-13H2,1-2H3,(H,26,29). The Balaban J connectivity index is 1.41. The number of nitrogens with zero attached hydrogens (tertiary/aromatic N) is 4. The molecule has 1 aliphatic rings. The molecule has 1 amide bonds. The van der Waals surface area contributed by atoms with Crippen molar-refractivity contribution in [2.24, 2.45) is 0 Å². The molecule has 3 aromatic rings. The Labute approximate surface area is 171 Å². The van der Waals surface area contributed by atoms with Gasteiger partial charge in [-0.3, -0.25) is 4.79 Å². The van der Waals surface area contributed by atoms with Crippen molar-refractivity contribution in [2.75, 3.05) is 41.3 Å². The Kier molecular flexibility index (Phi) is 5.42. The summed E-state index contributed by atoms with van der Waals surface area (Å²) >= 11 is 0. The molecular weight excluding hydrogens is 362 g/mol. The summed E-state index contributed by atoms with van der Waals surface area (Å²) in [4.78, 5) is 25.7. The van der Waals surface area contributed by atoms with Gasteiger partial charge in [0.15, 0.2) is 0 Å². The molecule has 0 spiro atoms. The number of aryl methyl sites for hydroxylation is 2. The number of nitrogens with one attached hydrogen (secondary N) is 1. The summed E-state index contributed by atoms with van der Waals surface area (Å²) in [6.07, 6.45) is 1.46. The van der Waals surface area contributed by atoms with Crippen LogP contribution >= 0.6 is 0 Å². The van der Waals surface area contributed by atoms with Gasteiger partial charge in [0.25, 0.3) is 5.91 Å². The number of hydrogen-bond donors (Lipinski definition) is 1. The summed E-state index contributed by atoms with van der Waals surface area (Å²) < 4.78 is 0. The molecule has 4 rings (SSSR count). The van der Waals surface area contributed by atoms with Crippen LogP contribution in [0.1, 0.15) is 21.6 Å². The molecule has 1 aliphatic heterocycles. The summed E-state index contributed by atoms with van der Waals surface area (Å²) in [6.45, 7) is 7.66. The van der Waals surface area contributed by atoms with Crippen LogP contribution in [0.4, 0.5) is 17.2 Å². The van der Waals surface area contributed by atoms with E-state index in [9.17, 15) is 4.79 Å². The van der Waals surface area contributed by atoms with Crippen molar-refractivity contribution in [3.05, 3.63) is 77.7 Å². The molecule has 6 heteroatoms. The van der Waals surface area contributed by atoms with Crippen molar-refractivity contribution in [3.63, 3.8) is 0 Å². The second-order valence-electron chi connectivity index (χ2n) is 7.39. The topological polar surface area (TPSA) is 61.4 Å². The Hall–Kier alpha value is -3.41. The lowest BCUT2D eigenvalue weighted by Crippen LogP contribution is -2.47. The van der Waals surface area contributed by atoms with Gasteiger partial charge in [0.05, 0.1) is 0 Å². The number of anilines is 3. The first kappa shape index (κ1) is 18.9. The third kappa shape index (κ3) is 4.54. The normalized spacial score (nSPS) is 14.0. The third-order valence-corrected chi connectivity index (χ3v) is 5.17. The zero-order valence-corrected chi connectivity index (χ0v) is 16.8. The van der Waals surface area contributed by atoms with E-state index in [0.717, 1.165) is 43.2 Å². The first-order chi connectivity index (χ1) is 14.1. The van der Waals surface area contributed by atoms with Crippen LogP contribution in [0.25, 0.3) is 0 Å². The molecule has 29 heavy (non-hydrogen) atoms. The van der Waals surface area contributed by atoms with Gasteiger partial charge in [0, 0.05) is 43.6 Å². The largest absolute Gasteiger partial charge is 0.368 e. The maximum Gasteiger partial charge on any atom is 0.274 e. The highest BCUT2D eigenvalue weighted by atomic mass is 16.1. The second-order valence-corrected chi connectivity index (χ2v) is 7.39. The van der Waals surface area contributed by atoms with Crippen LogP contribution in [-0.2, 0) is 0 Å². The van der Waals surface area contributed by atoms with Crippen molar-refractivity contribution in [2.45, 2.75) is 13.8 Å². The molecular formula is C23H25N5O. The maximum atomic E-state index is 12.6. The molecule has 0 saturated carbocycles. The van der Waals surface area contributed by atoms with E-state index in [1.54, 1.807) is 6.07 Å². The number of rotatable bonds is 4. The minimum atomic E-state index is -0.226. The van der Waals surface area contributed by atoms with E-state index < -0.39 is 0 Å². The lowest BCUT2D eigenvalue weighted by molar-refractivity contribution is 0.102. The predicted molar refractivity (Wildman–Crippen MR) is 117 cm³/mol. The Morgan fingerprint density at radius 3 is 2.31 bits per heavy atom. The molecule has 0 aliphatic carbocycles. The lowest BCUT2D eigenvalue weighted by atomic mass is 10.2. The van der Waals surface area contributed by atoms with Gasteiger partial charge in [-0.1, -0.05) is 29.8 Å². The molecule has 0 atom stereocenters. The van der Waals surface area contributed by atoms with E-state index in [0.29, 0.717) is 5.69 Å². The van der Waals surface area contributed by atoms with E-state index in [-0.39, 0.29) is 5.91 Å². The van der Waals surface area contributed by atoms with Crippen molar-refractivity contribution >= 4 is 23.1 Å². The minimum absolute atomic E-state index is 0.226. The van der Waals surface area contributed by atoms with Crippen molar-refractivity contribution in [1.82, 2.24) is 9.97 Å². The number of benzene rings is 2. The summed E-state index contributed by atoms with van der Waals surface area (Å²) in [5.41, 5.74) is 4.80. The van der Waals surface area contributed by atoms with Gasteiger partial charge in [-0.15, -0.1) is 0 Å². The van der Waals surface area contributed by atoms with E-state index in [1.807, 2.05) is 31.2 Å². The van der Waals surface area contributed by atoms with Gasteiger partial charge in [0.2, 0.25) is 0 Å². The van der Waals surface area contributed by atoms with Crippen LogP contribution < -0.4 is 15.1 Å². The molecule has 2 aromatic carbocycles. The van der Waals surface area contributed by atoms with Crippen LogP contribution in [0.2, 0.25) is 0 Å². The Bertz CT molecular complexity index is 994. The van der Waals surface area contributed by atoms with Gasteiger partial charge in [0.1, 0.15) is 17.8 Å². The SMILES string of the molecule is Cc1ccc(NC(=O)c2cc(N3CCN(c4cccc(C)c4)CC3)ncn2)cc1. The quantitative estimate of drug-likeness (QED) is 0.740. The summed E-state index contributed by atoms with van der Waals surface area (Å²) in [7, 11) is 0. The zero-order valence-electron chi connectivity index (χ0n) is 16.8. The molecule has 2 heterocycles. The summed E-state index contributed by atoms with van der Waals surface area (Å²) in [5.74, 6) is 0.564. The average molecular weight is 387 g/mol. The van der Waals surface area contributed by atoms with Crippen LogP contribution in [0, 0.1) is 13.8 Å². The van der Waals surface area contributed by atoms with Crippen LogP contribution in [0.5, 0.6) is 0 Å². The highest BCUT2D eigenvalue weighted by Gasteiger charge is 2.20. The van der Waals surface area contributed by atoms with Crippen molar-refractivity contribution in [3.8, 4) is 0 Å². The smallest absolute Gasteiger partial charge is 0.274 e. The fourth-order valence-electron chi connectivity index (χ4n) is 3.49. The lowest BCUT2D eigenvalue weighted by Gasteiger charge is -2.36. The molecule has 0 radical (unpaired) electrons. The Morgan fingerprint density at radius 2 is 1.59 bits per heavy atom. The first-order valence-electron chi connectivity index (χ1n) is 9.85. The van der Waals surface area contributed by atoms with Crippen molar-refractivity contribution in [1.29, 1.82) is 0 Å². The van der Waals surface area contributed by atoms with Gasteiger partial charge in [-0.2, -0.15) is 0 Å². The molecule has 0 bridgehead atoms. The molecule has 1 aromatic heterocycles. The molecule has 1 fully saturated rings. The van der Waals surface area contributed by atoms with Crippen LogP contribution in [-0.4, -0.2) is 42.1 Å². The molecule has 1 saturated heterocycles. The maximum absolute atomic E-state index is 12.6. The van der Waals surface area contributed by atoms with Crippen molar-refractivity contribution < 1.29 is 4.79 Å². The predicted octanol–water partition coefficient (Wildman–Crippen LogP) is 3.67. The monoisotopic (exact) mass is 387 g/mol. The van der Waals surface area contributed by atoms with E-state index in [2.05, 4.69) is 56.3 Å². The fraction of sp³-hybridized carbons (Fsp3) is 0.261. The fourth-order valence-corrected chi connectivity index (χ4v) is 3.49. The highest BCUT2D eigenvalue weighted by molar-refractivity contribution is 6.03. The van der Waals surface area contributed by atoms with E-state index >= 15 is 0 Å². The summed E-state index contributed by atoms with van der Waals surface area (Å²) in [5, 5.41) is 2.89. The van der Waals surface area contributed by atoms with Gasteiger partial charge in [-0.05, 0) is 43.7 Å². The van der Waals surface area contributed by atoms with E-state index in [4.69, 9.17) is 0 Å². The molecule has 6 nitrogen and oxygen atoms in total. The highest BCUT2D eigenvalue weighted by Crippen LogP contribution is 2.20. The zero-order chi connectivity index (χ0) is 20.2. The van der Waals surface area contributed by atoms with Gasteiger partial charge >= 0.3 is 0 Å². The number of piperazine rings is 1.